The summed E-state index contributed by atoms with van der Waals surface area (Å²) in [5.41, 5.74) is 3.82. The number of rotatable bonds is 8. The van der Waals surface area contributed by atoms with Gasteiger partial charge in [-0.25, -0.2) is 0 Å². The topological polar surface area (TPSA) is 21.3 Å². The van der Waals surface area contributed by atoms with Gasteiger partial charge in [-0.15, -0.1) is 0 Å². The molecule has 1 atom stereocenters. The molecule has 0 radical (unpaired) electrons. The molecule has 0 aliphatic carbocycles. The first-order valence-corrected chi connectivity index (χ1v) is 7.70. The summed E-state index contributed by atoms with van der Waals surface area (Å²) < 4.78 is 5.76. The van der Waals surface area contributed by atoms with E-state index in [1.165, 1.54) is 16.7 Å². The lowest BCUT2D eigenvalue weighted by Gasteiger charge is -2.13. The van der Waals surface area contributed by atoms with Crippen LogP contribution in [0.3, 0.4) is 0 Å². The molecule has 0 amide bonds. The molecule has 112 valence electrons. The van der Waals surface area contributed by atoms with Crippen LogP contribution in [0.4, 0.5) is 0 Å². The molecule has 0 aliphatic heterocycles. The maximum absolute atomic E-state index is 5.76. The lowest BCUT2D eigenvalue weighted by Crippen LogP contribution is -2.19. The molecule has 1 N–H and O–H groups in total. The minimum atomic E-state index is 0.546. The average Bonchev–Trinajstić information content (AvgIpc) is 2.54. The summed E-state index contributed by atoms with van der Waals surface area (Å²) in [6, 6.07) is 19.0. The molecule has 0 bridgehead atoms. The first kappa shape index (κ1) is 15.7. The molecule has 0 aromatic heterocycles. The van der Waals surface area contributed by atoms with Crippen LogP contribution in [0.25, 0.3) is 0 Å². The highest BCUT2D eigenvalue weighted by molar-refractivity contribution is 5.25. The first-order valence-electron chi connectivity index (χ1n) is 7.70. The zero-order valence-electron chi connectivity index (χ0n) is 13.0. The van der Waals surface area contributed by atoms with Crippen LogP contribution in [-0.2, 0) is 18.0 Å². The van der Waals surface area contributed by atoms with Crippen molar-refractivity contribution >= 4 is 0 Å². The summed E-state index contributed by atoms with van der Waals surface area (Å²) in [7, 11) is 0. The fraction of sp³-hybridized carbons (Fsp3) is 0.368. The molecular weight excluding hydrogens is 258 g/mol. The highest BCUT2D eigenvalue weighted by Crippen LogP contribution is 2.16. The van der Waals surface area contributed by atoms with E-state index in [0.717, 1.165) is 13.1 Å². The van der Waals surface area contributed by atoms with Crippen LogP contribution >= 0.6 is 0 Å². The Morgan fingerprint density at radius 1 is 0.905 bits per heavy atom. The Morgan fingerprint density at radius 2 is 1.52 bits per heavy atom. The van der Waals surface area contributed by atoms with E-state index < -0.39 is 0 Å². The summed E-state index contributed by atoms with van der Waals surface area (Å²) in [6.45, 7) is 7.77. The van der Waals surface area contributed by atoms with Crippen LogP contribution < -0.4 is 5.32 Å². The molecule has 0 aliphatic rings. The number of hydrogen-bond donors (Lipinski definition) is 1. The highest BCUT2D eigenvalue weighted by atomic mass is 16.5. The van der Waals surface area contributed by atoms with E-state index in [1.54, 1.807) is 0 Å². The molecule has 2 rings (SSSR count). The fourth-order valence-corrected chi connectivity index (χ4v) is 2.28. The van der Waals surface area contributed by atoms with Crippen molar-refractivity contribution in [1.82, 2.24) is 5.32 Å². The zero-order valence-corrected chi connectivity index (χ0v) is 13.0. The summed E-state index contributed by atoms with van der Waals surface area (Å²) in [5, 5.41) is 3.39. The molecule has 21 heavy (non-hydrogen) atoms. The van der Waals surface area contributed by atoms with Crippen LogP contribution in [0.15, 0.2) is 54.6 Å². The van der Waals surface area contributed by atoms with Crippen LogP contribution in [0.5, 0.6) is 0 Å². The van der Waals surface area contributed by atoms with E-state index in [2.05, 4.69) is 55.6 Å². The molecule has 0 heterocycles. The molecule has 1 unspecified atom stereocenters. The fourth-order valence-electron chi connectivity index (χ4n) is 2.28. The third kappa shape index (κ3) is 5.33. The van der Waals surface area contributed by atoms with Gasteiger partial charge in [0, 0.05) is 6.54 Å². The van der Waals surface area contributed by atoms with Gasteiger partial charge in [0.25, 0.3) is 0 Å². The van der Waals surface area contributed by atoms with Gasteiger partial charge >= 0.3 is 0 Å². The summed E-state index contributed by atoms with van der Waals surface area (Å²) in [5.74, 6) is 0.546. The molecule has 2 nitrogen and oxygen atoms in total. The van der Waals surface area contributed by atoms with Crippen LogP contribution in [0.2, 0.25) is 0 Å². The Morgan fingerprint density at radius 3 is 2.14 bits per heavy atom. The van der Waals surface area contributed by atoms with Crippen LogP contribution in [-0.4, -0.2) is 13.1 Å². The average molecular weight is 283 g/mol. The molecule has 2 heteroatoms. The Balaban J connectivity index is 1.79. The van der Waals surface area contributed by atoms with Gasteiger partial charge in [-0.1, -0.05) is 68.4 Å². The molecule has 0 saturated heterocycles. The van der Waals surface area contributed by atoms with Crippen molar-refractivity contribution in [2.45, 2.75) is 33.0 Å². The highest BCUT2D eigenvalue weighted by Gasteiger charge is 2.04. The lowest BCUT2D eigenvalue weighted by atomic mass is 10.00. The van der Waals surface area contributed by atoms with E-state index in [9.17, 15) is 0 Å². The van der Waals surface area contributed by atoms with Crippen molar-refractivity contribution < 1.29 is 4.74 Å². The predicted octanol–water partition coefficient (Wildman–Crippen LogP) is 4.12. The van der Waals surface area contributed by atoms with Gasteiger partial charge in [-0.05, 0) is 29.2 Å². The molecular formula is C19H25NO. The Kier molecular flexibility index (Phi) is 6.45. The minimum Gasteiger partial charge on any atom is -0.372 e. The Bertz CT molecular complexity index is 507. The van der Waals surface area contributed by atoms with Crippen molar-refractivity contribution in [2.24, 2.45) is 0 Å². The van der Waals surface area contributed by atoms with Gasteiger partial charge < -0.3 is 10.1 Å². The smallest absolute Gasteiger partial charge is 0.0721 e. The third-order valence-corrected chi connectivity index (χ3v) is 3.63. The summed E-state index contributed by atoms with van der Waals surface area (Å²) in [6.07, 6.45) is 0. The molecule has 0 fully saturated rings. The minimum absolute atomic E-state index is 0.546. The monoisotopic (exact) mass is 283 g/mol. The SMILES string of the molecule is CCNCC(C)c1ccc(COCc2ccccc2)cc1. The van der Waals surface area contributed by atoms with Gasteiger partial charge in [-0.2, -0.15) is 0 Å². The largest absolute Gasteiger partial charge is 0.372 e. The van der Waals surface area contributed by atoms with Crippen molar-refractivity contribution in [3.05, 3.63) is 71.3 Å². The number of likely N-dealkylation sites (N-methyl/N-ethyl adjacent to an activating group) is 1. The van der Waals surface area contributed by atoms with E-state index in [0.29, 0.717) is 19.1 Å². The van der Waals surface area contributed by atoms with Gasteiger partial charge in [0.15, 0.2) is 0 Å². The predicted molar refractivity (Wildman–Crippen MR) is 88.3 cm³/mol. The first-order chi connectivity index (χ1) is 10.3. The normalized spacial score (nSPS) is 12.3. The van der Waals surface area contributed by atoms with E-state index in [-0.39, 0.29) is 0 Å². The van der Waals surface area contributed by atoms with Gasteiger partial charge in [0.1, 0.15) is 0 Å². The summed E-state index contributed by atoms with van der Waals surface area (Å²) >= 11 is 0. The Labute approximate surface area is 128 Å². The standard InChI is InChI=1S/C19H25NO/c1-3-20-13-16(2)19-11-9-18(10-12-19)15-21-14-17-7-5-4-6-8-17/h4-12,16,20H,3,13-15H2,1-2H3. The number of benzene rings is 2. The molecule has 0 saturated carbocycles. The van der Waals surface area contributed by atoms with Crippen molar-refractivity contribution in [3.8, 4) is 0 Å². The maximum Gasteiger partial charge on any atom is 0.0721 e. The summed E-state index contributed by atoms with van der Waals surface area (Å²) in [4.78, 5) is 0. The van der Waals surface area contributed by atoms with E-state index in [4.69, 9.17) is 4.74 Å². The second-order valence-electron chi connectivity index (χ2n) is 5.43. The second-order valence-corrected chi connectivity index (χ2v) is 5.43. The second kappa shape index (κ2) is 8.60. The lowest BCUT2D eigenvalue weighted by molar-refractivity contribution is 0.107. The van der Waals surface area contributed by atoms with Crippen LogP contribution in [0.1, 0.15) is 36.5 Å². The third-order valence-electron chi connectivity index (χ3n) is 3.63. The van der Waals surface area contributed by atoms with Gasteiger partial charge in [0.05, 0.1) is 13.2 Å². The zero-order chi connectivity index (χ0) is 14.9. The molecule has 0 spiro atoms. The van der Waals surface area contributed by atoms with Gasteiger partial charge in [-0.3, -0.25) is 0 Å². The van der Waals surface area contributed by atoms with Crippen molar-refractivity contribution in [1.29, 1.82) is 0 Å². The molecule has 2 aromatic rings. The van der Waals surface area contributed by atoms with E-state index >= 15 is 0 Å². The number of hydrogen-bond acceptors (Lipinski definition) is 2. The van der Waals surface area contributed by atoms with E-state index in [1.807, 2.05) is 18.2 Å². The van der Waals surface area contributed by atoms with Crippen LogP contribution in [0, 0.1) is 0 Å². The Hall–Kier alpha value is -1.64. The van der Waals surface area contributed by atoms with Crippen molar-refractivity contribution in [3.63, 3.8) is 0 Å². The quantitative estimate of drug-likeness (QED) is 0.787. The maximum atomic E-state index is 5.76. The van der Waals surface area contributed by atoms with Gasteiger partial charge in [0.2, 0.25) is 0 Å². The number of ether oxygens (including phenoxy) is 1. The number of nitrogens with one attached hydrogen (secondary N) is 1. The molecule has 2 aromatic carbocycles. The van der Waals surface area contributed by atoms with Crippen molar-refractivity contribution in [2.75, 3.05) is 13.1 Å².